The molecule has 106 valence electrons. The van der Waals surface area contributed by atoms with Gasteiger partial charge in [-0.3, -0.25) is 0 Å². The topological polar surface area (TPSA) is 15.3 Å². The zero-order chi connectivity index (χ0) is 13.0. The Balaban J connectivity index is 1.76. The zero-order valence-corrected chi connectivity index (χ0v) is 12.7. The molecule has 0 bridgehead atoms. The van der Waals surface area contributed by atoms with Crippen LogP contribution in [0.4, 0.5) is 0 Å². The molecular weight excluding hydrogens is 220 g/mol. The average molecular weight is 252 g/mol. The third-order valence-electron chi connectivity index (χ3n) is 4.89. The van der Waals surface area contributed by atoms with Crippen molar-refractivity contribution in [3.8, 4) is 0 Å². The zero-order valence-electron chi connectivity index (χ0n) is 12.7. The largest absolute Gasteiger partial charge is 0.313 e. The maximum Gasteiger partial charge on any atom is 0.0195 e. The van der Waals surface area contributed by atoms with Crippen molar-refractivity contribution in [2.45, 2.75) is 65.3 Å². The minimum absolute atomic E-state index is 0.489. The van der Waals surface area contributed by atoms with E-state index >= 15 is 0 Å². The fourth-order valence-electron chi connectivity index (χ4n) is 3.45. The lowest BCUT2D eigenvalue weighted by atomic mass is 9.80. The summed E-state index contributed by atoms with van der Waals surface area (Å²) in [6.07, 6.45) is 8.46. The summed E-state index contributed by atoms with van der Waals surface area (Å²) in [5.74, 6) is 0.894. The van der Waals surface area contributed by atoms with E-state index in [9.17, 15) is 0 Å². The fourth-order valence-corrected chi connectivity index (χ4v) is 3.45. The van der Waals surface area contributed by atoms with Crippen LogP contribution >= 0.6 is 0 Å². The van der Waals surface area contributed by atoms with Gasteiger partial charge in [0.2, 0.25) is 0 Å². The summed E-state index contributed by atoms with van der Waals surface area (Å²) < 4.78 is 0. The first-order chi connectivity index (χ1) is 8.55. The van der Waals surface area contributed by atoms with Crippen LogP contribution in [0.1, 0.15) is 59.3 Å². The number of hydrogen-bond donors (Lipinski definition) is 1. The Hall–Kier alpha value is -0.0800. The van der Waals surface area contributed by atoms with Crippen molar-refractivity contribution in [1.29, 1.82) is 0 Å². The molecule has 0 aromatic heterocycles. The molecule has 18 heavy (non-hydrogen) atoms. The SMILES string of the molecule is CC(C)(C)C1CCN(CC2CCCCCCN2)C1. The van der Waals surface area contributed by atoms with Crippen LogP contribution in [0, 0.1) is 11.3 Å². The van der Waals surface area contributed by atoms with Crippen LogP contribution in [0.2, 0.25) is 0 Å². The van der Waals surface area contributed by atoms with Crippen molar-refractivity contribution in [1.82, 2.24) is 10.2 Å². The second-order valence-electron chi connectivity index (χ2n) is 7.47. The van der Waals surface area contributed by atoms with Crippen molar-refractivity contribution >= 4 is 0 Å². The van der Waals surface area contributed by atoms with Crippen molar-refractivity contribution in [2.24, 2.45) is 11.3 Å². The highest BCUT2D eigenvalue weighted by Crippen LogP contribution is 2.33. The van der Waals surface area contributed by atoms with Gasteiger partial charge in [-0.15, -0.1) is 0 Å². The van der Waals surface area contributed by atoms with Crippen LogP contribution in [0.15, 0.2) is 0 Å². The second-order valence-corrected chi connectivity index (χ2v) is 7.47. The molecule has 0 saturated carbocycles. The van der Waals surface area contributed by atoms with Gasteiger partial charge < -0.3 is 10.2 Å². The van der Waals surface area contributed by atoms with E-state index in [1.165, 1.54) is 64.7 Å². The summed E-state index contributed by atoms with van der Waals surface area (Å²) in [5.41, 5.74) is 0.489. The lowest BCUT2D eigenvalue weighted by Gasteiger charge is -2.29. The molecule has 2 fully saturated rings. The molecule has 0 amide bonds. The van der Waals surface area contributed by atoms with E-state index in [1.807, 2.05) is 0 Å². The smallest absolute Gasteiger partial charge is 0.0195 e. The average Bonchev–Trinajstić information content (AvgIpc) is 2.69. The third kappa shape index (κ3) is 4.24. The summed E-state index contributed by atoms with van der Waals surface area (Å²) in [4.78, 5) is 2.70. The van der Waals surface area contributed by atoms with Gasteiger partial charge in [0.1, 0.15) is 0 Å². The number of likely N-dealkylation sites (tertiary alicyclic amines) is 1. The molecule has 0 radical (unpaired) electrons. The van der Waals surface area contributed by atoms with Crippen molar-refractivity contribution < 1.29 is 0 Å². The lowest BCUT2D eigenvalue weighted by molar-refractivity contribution is 0.214. The van der Waals surface area contributed by atoms with Gasteiger partial charge in [0, 0.05) is 19.1 Å². The molecule has 2 nitrogen and oxygen atoms in total. The number of rotatable bonds is 2. The summed E-state index contributed by atoms with van der Waals surface area (Å²) in [5, 5.41) is 3.76. The highest BCUT2D eigenvalue weighted by Gasteiger charge is 2.32. The second kappa shape index (κ2) is 6.38. The summed E-state index contributed by atoms with van der Waals surface area (Å²) in [7, 11) is 0. The molecule has 2 unspecified atom stereocenters. The van der Waals surface area contributed by atoms with Gasteiger partial charge in [-0.25, -0.2) is 0 Å². The van der Waals surface area contributed by atoms with Gasteiger partial charge in [-0.2, -0.15) is 0 Å². The Morgan fingerprint density at radius 2 is 1.83 bits per heavy atom. The van der Waals surface area contributed by atoms with Gasteiger partial charge in [-0.1, -0.05) is 40.0 Å². The summed E-state index contributed by atoms with van der Waals surface area (Å²) in [6, 6.07) is 0.754. The molecule has 2 atom stereocenters. The minimum atomic E-state index is 0.489. The number of hydrogen-bond acceptors (Lipinski definition) is 2. The van der Waals surface area contributed by atoms with Crippen LogP contribution in [-0.4, -0.2) is 37.1 Å². The first-order valence-corrected chi connectivity index (χ1v) is 8.01. The minimum Gasteiger partial charge on any atom is -0.313 e. The molecule has 0 aromatic rings. The predicted octanol–water partition coefficient (Wildman–Crippen LogP) is 3.28. The van der Waals surface area contributed by atoms with Crippen LogP contribution in [0.3, 0.4) is 0 Å². The van der Waals surface area contributed by atoms with Crippen LogP contribution in [0.25, 0.3) is 0 Å². The van der Waals surface area contributed by atoms with E-state index in [0.717, 1.165) is 12.0 Å². The van der Waals surface area contributed by atoms with Crippen LogP contribution in [0.5, 0.6) is 0 Å². The number of nitrogens with zero attached hydrogens (tertiary/aromatic N) is 1. The van der Waals surface area contributed by atoms with Crippen LogP contribution in [-0.2, 0) is 0 Å². The molecule has 2 saturated heterocycles. The molecule has 0 spiro atoms. The van der Waals surface area contributed by atoms with Crippen molar-refractivity contribution in [3.05, 3.63) is 0 Å². The highest BCUT2D eigenvalue weighted by atomic mass is 15.2. The first kappa shape index (κ1) is 14.3. The highest BCUT2D eigenvalue weighted by molar-refractivity contribution is 4.86. The van der Waals surface area contributed by atoms with Crippen molar-refractivity contribution in [2.75, 3.05) is 26.2 Å². The van der Waals surface area contributed by atoms with E-state index in [2.05, 4.69) is 31.0 Å². The Morgan fingerprint density at radius 3 is 2.56 bits per heavy atom. The molecule has 1 N–H and O–H groups in total. The van der Waals surface area contributed by atoms with E-state index in [1.54, 1.807) is 0 Å². The molecule has 2 aliphatic rings. The molecule has 0 aromatic carbocycles. The Bertz CT molecular complexity index is 236. The standard InChI is InChI=1S/C16H32N2/c1-16(2,3)14-9-11-18(12-14)13-15-8-6-4-5-7-10-17-15/h14-15,17H,4-13H2,1-3H3. The van der Waals surface area contributed by atoms with Gasteiger partial charge in [0.25, 0.3) is 0 Å². The molecule has 2 heteroatoms. The van der Waals surface area contributed by atoms with E-state index in [0.29, 0.717) is 5.41 Å². The fraction of sp³-hybridized carbons (Fsp3) is 1.00. The van der Waals surface area contributed by atoms with Crippen molar-refractivity contribution in [3.63, 3.8) is 0 Å². The Labute approximate surface area is 114 Å². The maximum absolute atomic E-state index is 3.76. The Kier molecular flexibility index (Phi) is 5.08. The quantitative estimate of drug-likeness (QED) is 0.811. The predicted molar refractivity (Wildman–Crippen MR) is 78.9 cm³/mol. The molecule has 0 aliphatic carbocycles. The number of nitrogens with one attached hydrogen (secondary N) is 1. The maximum atomic E-state index is 3.76. The van der Waals surface area contributed by atoms with E-state index < -0.39 is 0 Å². The van der Waals surface area contributed by atoms with Gasteiger partial charge in [0.05, 0.1) is 0 Å². The Morgan fingerprint density at radius 1 is 1.06 bits per heavy atom. The molecule has 2 heterocycles. The van der Waals surface area contributed by atoms with E-state index in [4.69, 9.17) is 0 Å². The third-order valence-corrected chi connectivity index (χ3v) is 4.89. The van der Waals surface area contributed by atoms with E-state index in [-0.39, 0.29) is 0 Å². The molecule has 2 rings (SSSR count). The first-order valence-electron chi connectivity index (χ1n) is 8.01. The van der Waals surface area contributed by atoms with Gasteiger partial charge >= 0.3 is 0 Å². The van der Waals surface area contributed by atoms with Gasteiger partial charge in [0.15, 0.2) is 0 Å². The van der Waals surface area contributed by atoms with Gasteiger partial charge in [-0.05, 0) is 43.7 Å². The molecular formula is C16H32N2. The van der Waals surface area contributed by atoms with Crippen LogP contribution < -0.4 is 5.32 Å². The monoisotopic (exact) mass is 252 g/mol. The lowest BCUT2D eigenvalue weighted by Crippen LogP contribution is -2.41. The summed E-state index contributed by atoms with van der Waals surface area (Å²) in [6.45, 7) is 12.4. The summed E-state index contributed by atoms with van der Waals surface area (Å²) >= 11 is 0. The molecule has 2 aliphatic heterocycles. The normalized spacial score (nSPS) is 32.2.